The predicted molar refractivity (Wildman–Crippen MR) is 121 cm³/mol. The lowest BCUT2D eigenvalue weighted by atomic mass is 10.4. The Balaban J connectivity index is 2.16. The lowest BCUT2D eigenvalue weighted by molar-refractivity contribution is 0.0324. The van der Waals surface area contributed by atoms with Crippen molar-refractivity contribution < 1.29 is 28.4 Å². The van der Waals surface area contributed by atoms with Gasteiger partial charge in [0.05, 0.1) is 39.6 Å². The van der Waals surface area contributed by atoms with Crippen molar-refractivity contribution in [2.24, 2.45) is 0 Å². The fourth-order valence-electron chi connectivity index (χ4n) is 2.31. The summed E-state index contributed by atoms with van der Waals surface area (Å²) in [6.45, 7) is 12.3. The summed E-state index contributed by atoms with van der Waals surface area (Å²) >= 11 is 5.15. The minimum Gasteiger partial charge on any atom is -0.486 e. The molecule has 0 bridgehead atoms. The smallest absolute Gasteiger partial charge is 0.186 e. The van der Waals surface area contributed by atoms with Crippen molar-refractivity contribution in [1.82, 2.24) is 0 Å². The molecule has 1 aromatic rings. The Kier molecular flexibility index (Phi) is 16.9. The van der Waals surface area contributed by atoms with Crippen molar-refractivity contribution in [3.8, 4) is 11.5 Å². The molecular weight excluding hydrogens is 460 g/mol. The zero-order chi connectivity index (χ0) is 21.2. The summed E-state index contributed by atoms with van der Waals surface area (Å²) in [6.07, 6.45) is 4.48. The van der Waals surface area contributed by atoms with E-state index < -0.39 is 0 Å². The summed E-state index contributed by atoms with van der Waals surface area (Å²) in [6, 6.07) is 0. The molecule has 1 heterocycles. The van der Waals surface area contributed by atoms with E-state index in [2.05, 4.69) is 29.8 Å². The van der Waals surface area contributed by atoms with Crippen molar-refractivity contribution in [3.05, 3.63) is 8.66 Å². The van der Waals surface area contributed by atoms with Crippen LogP contribution < -0.4 is 9.47 Å². The second-order valence-corrected chi connectivity index (χ2v) is 8.99. The molecule has 0 aliphatic heterocycles. The fraction of sp³-hybridized carbons (Fsp3) is 0.810. The zero-order valence-corrected chi connectivity index (χ0v) is 20.5. The highest BCUT2D eigenvalue weighted by atomic mass is 79.9. The molecule has 0 atom stereocenters. The van der Waals surface area contributed by atoms with Gasteiger partial charge in [0.25, 0.3) is 0 Å². The van der Waals surface area contributed by atoms with Crippen LogP contribution >= 0.6 is 27.3 Å². The zero-order valence-electron chi connectivity index (χ0n) is 18.1. The quantitative estimate of drug-likeness (QED) is 0.230. The summed E-state index contributed by atoms with van der Waals surface area (Å²) in [5.74, 6) is 1.51. The van der Waals surface area contributed by atoms with Crippen LogP contribution in [0.2, 0.25) is 0 Å². The molecule has 1 rings (SSSR count). The van der Waals surface area contributed by atoms with E-state index in [4.69, 9.17) is 28.4 Å². The summed E-state index contributed by atoms with van der Waals surface area (Å²) in [4.78, 5) is 1.07. The van der Waals surface area contributed by atoms with Gasteiger partial charge >= 0.3 is 0 Å². The Labute approximate surface area is 188 Å². The molecule has 0 N–H and O–H groups in total. The Hall–Kier alpha value is -0.380. The first kappa shape index (κ1) is 26.7. The van der Waals surface area contributed by atoms with Gasteiger partial charge in [-0.3, -0.25) is 0 Å². The second kappa shape index (κ2) is 18.4. The van der Waals surface area contributed by atoms with Crippen LogP contribution in [0.15, 0.2) is 3.79 Å². The van der Waals surface area contributed by atoms with Gasteiger partial charge in [-0.1, -0.05) is 26.7 Å². The monoisotopic (exact) mass is 496 g/mol. The third-order valence-corrected chi connectivity index (χ3v) is 5.63. The first-order valence-corrected chi connectivity index (χ1v) is 12.2. The second-order valence-electron chi connectivity index (χ2n) is 6.44. The van der Waals surface area contributed by atoms with Crippen LogP contribution in [0.1, 0.15) is 44.4 Å². The third kappa shape index (κ3) is 12.8. The Morgan fingerprint density at radius 3 is 1.52 bits per heavy atom. The molecule has 0 fully saturated rings. The van der Waals surface area contributed by atoms with Crippen molar-refractivity contribution in [2.75, 3.05) is 66.1 Å². The van der Waals surface area contributed by atoms with Crippen LogP contribution in [0.5, 0.6) is 11.5 Å². The van der Waals surface area contributed by atoms with E-state index in [-0.39, 0.29) is 0 Å². The standard InChI is InChI=1S/C21H37BrO6S/c1-4-6-8-23-10-12-25-14-16-27-19-18(3)29-21(22)20(19)28-17-15-26-13-11-24-9-7-5-2/h4-17H2,1-3H3. The van der Waals surface area contributed by atoms with E-state index >= 15 is 0 Å². The molecule has 170 valence electrons. The van der Waals surface area contributed by atoms with E-state index in [1.807, 2.05) is 6.92 Å². The average molecular weight is 497 g/mol. The molecule has 0 amide bonds. The van der Waals surface area contributed by atoms with Crippen molar-refractivity contribution in [2.45, 2.75) is 46.5 Å². The highest BCUT2D eigenvalue weighted by Crippen LogP contribution is 2.45. The highest BCUT2D eigenvalue weighted by Gasteiger charge is 2.17. The molecule has 6 nitrogen and oxygen atoms in total. The SMILES string of the molecule is CCCCOCCOCCOc1c(C)sc(Br)c1OCCOCCOCCCC. The lowest BCUT2D eigenvalue weighted by Crippen LogP contribution is -2.13. The van der Waals surface area contributed by atoms with Gasteiger partial charge in [0.2, 0.25) is 0 Å². The molecule has 0 aliphatic rings. The maximum absolute atomic E-state index is 5.90. The first-order valence-electron chi connectivity index (χ1n) is 10.6. The van der Waals surface area contributed by atoms with E-state index in [0.29, 0.717) is 52.9 Å². The molecule has 1 aromatic heterocycles. The van der Waals surface area contributed by atoms with Gasteiger partial charge in [-0.15, -0.1) is 11.3 Å². The third-order valence-electron chi connectivity index (χ3n) is 3.92. The Morgan fingerprint density at radius 1 is 0.621 bits per heavy atom. The van der Waals surface area contributed by atoms with Crippen molar-refractivity contribution in [1.29, 1.82) is 0 Å². The number of thiophene rings is 1. The van der Waals surface area contributed by atoms with Crippen LogP contribution in [0.25, 0.3) is 0 Å². The average Bonchev–Trinajstić information content (AvgIpc) is 2.98. The number of ether oxygens (including phenoxy) is 6. The lowest BCUT2D eigenvalue weighted by Gasteiger charge is -2.11. The Morgan fingerprint density at radius 2 is 1.03 bits per heavy atom. The number of rotatable bonds is 20. The molecule has 0 unspecified atom stereocenters. The summed E-state index contributed by atoms with van der Waals surface area (Å²) in [5.41, 5.74) is 0. The van der Waals surface area contributed by atoms with Gasteiger partial charge in [0.1, 0.15) is 17.0 Å². The van der Waals surface area contributed by atoms with Crippen LogP contribution in [0.3, 0.4) is 0 Å². The van der Waals surface area contributed by atoms with Crippen molar-refractivity contribution in [3.63, 3.8) is 0 Å². The molecule has 0 spiro atoms. The number of hydrogen-bond acceptors (Lipinski definition) is 7. The topological polar surface area (TPSA) is 55.4 Å². The van der Waals surface area contributed by atoms with Gasteiger partial charge in [0, 0.05) is 18.1 Å². The summed E-state index contributed by atoms with van der Waals surface area (Å²) in [7, 11) is 0. The Bertz CT molecular complexity index is 469. The van der Waals surface area contributed by atoms with Gasteiger partial charge < -0.3 is 28.4 Å². The normalized spacial score (nSPS) is 11.2. The first-order chi connectivity index (χ1) is 14.2. The summed E-state index contributed by atoms with van der Waals surface area (Å²) in [5, 5.41) is 0. The largest absolute Gasteiger partial charge is 0.486 e. The molecule has 0 saturated heterocycles. The van der Waals surface area contributed by atoms with E-state index in [0.717, 1.165) is 59.1 Å². The maximum atomic E-state index is 5.90. The van der Waals surface area contributed by atoms with Gasteiger partial charge in [0.15, 0.2) is 11.5 Å². The number of halogens is 1. The van der Waals surface area contributed by atoms with Crippen molar-refractivity contribution >= 4 is 27.3 Å². The number of unbranched alkanes of at least 4 members (excludes halogenated alkanes) is 2. The van der Waals surface area contributed by atoms with E-state index in [1.165, 1.54) is 0 Å². The van der Waals surface area contributed by atoms with Crippen LogP contribution in [0, 0.1) is 6.92 Å². The predicted octanol–water partition coefficient (Wildman–Crippen LogP) is 5.24. The maximum Gasteiger partial charge on any atom is 0.186 e. The molecule has 29 heavy (non-hydrogen) atoms. The fourth-order valence-corrected chi connectivity index (χ4v) is 4.09. The van der Waals surface area contributed by atoms with Gasteiger partial charge in [-0.2, -0.15) is 0 Å². The number of hydrogen-bond donors (Lipinski definition) is 0. The highest BCUT2D eigenvalue weighted by molar-refractivity contribution is 9.11. The van der Waals surface area contributed by atoms with Gasteiger partial charge in [-0.05, 0) is 35.7 Å². The molecular formula is C21H37BrO6S. The van der Waals surface area contributed by atoms with E-state index in [9.17, 15) is 0 Å². The molecule has 0 aliphatic carbocycles. The minimum absolute atomic E-state index is 0.464. The molecule has 0 radical (unpaired) electrons. The minimum atomic E-state index is 0.464. The van der Waals surface area contributed by atoms with Crippen LogP contribution in [0.4, 0.5) is 0 Å². The van der Waals surface area contributed by atoms with Crippen LogP contribution in [-0.4, -0.2) is 66.1 Å². The molecule has 8 heteroatoms. The van der Waals surface area contributed by atoms with Gasteiger partial charge in [-0.25, -0.2) is 0 Å². The van der Waals surface area contributed by atoms with E-state index in [1.54, 1.807) is 11.3 Å². The van der Waals surface area contributed by atoms with Crippen LogP contribution in [-0.2, 0) is 18.9 Å². The molecule has 0 saturated carbocycles. The summed E-state index contributed by atoms with van der Waals surface area (Å²) < 4.78 is 34.7. The molecule has 0 aromatic carbocycles. The number of aryl methyl sites for hydroxylation is 1.